The summed E-state index contributed by atoms with van der Waals surface area (Å²) in [4.78, 5) is 22.1. The van der Waals surface area contributed by atoms with E-state index in [0.29, 0.717) is 13.0 Å². The highest BCUT2D eigenvalue weighted by Gasteiger charge is 2.28. The first kappa shape index (κ1) is 26.5. The minimum atomic E-state index is -0.232. The smallest absolute Gasteiger partial charge is 0.223 e. The molecule has 2 aromatic carbocycles. The van der Waals surface area contributed by atoms with Gasteiger partial charge in [-0.25, -0.2) is 9.38 Å². The summed E-state index contributed by atoms with van der Waals surface area (Å²) in [5, 5.41) is 0.719. The summed E-state index contributed by atoms with van der Waals surface area (Å²) in [7, 11) is 0. The van der Waals surface area contributed by atoms with E-state index in [4.69, 9.17) is 11.6 Å². The molecule has 0 spiro atoms. The molecule has 0 bridgehead atoms. The van der Waals surface area contributed by atoms with Crippen LogP contribution < -0.4 is 0 Å². The van der Waals surface area contributed by atoms with Crippen molar-refractivity contribution < 1.29 is 9.18 Å². The molecule has 1 unspecified atom stereocenters. The molecule has 0 N–H and O–H groups in total. The number of likely N-dealkylation sites (tertiary alicyclic amines) is 1. The van der Waals surface area contributed by atoms with Gasteiger partial charge in [0, 0.05) is 23.6 Å². The van der Waals surface area contributed by atoms with E-state index in [2.05, 4.69) is 23.5 Å². The van der Waals surface area contributed by atoms with Crippen LogP contribution in [0, 0.1) is 5.82 Å². The van der Waals surface area contributed by atoms with Gasteiger partial charge in [0.05, 0.1) is 18.3 Å². The van der Waals surface area contributed by atoms with Crippen molar-refractivity contribution in [2.45, 2.75) is 53.0 Å². The molecule has 1 saturated heterocycles. The van der Waals surface area contributed by atoms with Crippen molar-refractivity contribution in [1.29, 1.82) is 0 Å². The molecular formula is C27H33ClFN3O. The largest absolute Gasteiger partial charge is 0.336 e. The maximum absolute atomic E-state index is 12.8. The Morgan fingerprint density at radius 1 is 1.21 bits per heavy atom. The summed E-state index contributed by atoms with van der Waals surface area (Å²) in [6.07, 6.45) is 2.53. The van der Waals surface area contributed by atoms with Crippen LogP contribution in [0.15, 0.2) is 65.1 Å². The van der Waals surface area contributed by atoms with E-state index in [1.54, 1.807) is 6.07 Å². The monoisotopic (exact) mass is 469 g/mol. The Labute approximate surface area is 201 Å². The number of halogens is 2. The van der Waals surface area contributed by atoms with Crippen LogP contribution in [0.3, 0.4) is 0 Å². The minimum absolute atomic E-state index is 0.112. The molecule has 4 rings (SSSR count). The lowest BCUT2D eigenvalue weighted by Crippen LogP contribution is -2.36. The fraction of sp³-hybridized carbons (Fsp3) is 0.370. The predicted octanol–water partition coefficient (Wildman–Crippen LogP) is 6.83. The van der Waals surface area contributed by atoms with Gasteiger partial charge in [-0.3, -0.25) is 9.79 Å². The molecule has 0 aliphatic carbocycles. The van der Waals surface area contributed by atoms with Crippen molar-refractivity contribution >= 4 is 34.6 Å². The number of hydrogen-bond donors (Lipinski definition) is 0. The number of aliphatic imine (C=N–C) groups is 2. The molecule has 2 heterocycles. The Morgan fingerprint density at radius 3 is 2.42 bits per heavy atom. The lowest BCUT2D eigenvalue weighted by atomic mass is 9.97. The van der Waals surface area contributed by atoms with Crippen LogP contribution >= 0.6 is 11.6 Å². The average molecular weight is 470 g/mol. The highest BCUT2D eigenvalue weighted by atomic mass is 35.5. The van der Waals surface area contributed by atoms with E-state index in [9.17, 15) is 9.18 Å². The topological polar surface area (TPSA) is 45.0 Å². The SMILES string of the molecule is C=C(c1ccc(Cl)cc1)C(CC)N1CCCC1=O.CC.CC1=NCC(c2cccc(F)c2)=N1. The molecule has 1 amide bonds. The zero-order chi connectivity index (χ0) is 24.4. The van der Waals surface area contributed by atoms with Gasteiger partial charge in [0.2, 0.25) is 5.91 Å². The first-order valence-electron chi connectivity index (χ1n) is 11.5. The highest BCUT2D eigenvalue weighted by Crippen LogP contribution is 2.27. The second-order valence-electron chi connectivity index (χ2n) is 7.58. The zero-order valence-corrected chi connectivity index (χ0v) is 20.7. The number of amides is 1. The molecule has 0 aromatic heterocycles. The van der Waals surface area contributed by atoms with E-state index in [0.717, 1.165) is 52.7 Å². The van der Waals surface area contributed by atoms with Gasteiger partial charge < -0.3 is 4.90 Å². The summed E-state index contributed by atoms with van der Waals surface area (Å²) in [5.41, 5.74) is 3.73. The number of amidine groups is 1. The summed E-state index contributed by atoms with van der Waals surface area (Å²) in [5.74, 6) is 0.779. The van der Waals surface area contributed by atoms with Gasteiger partial charge in [-0.2, -0.15) is 0 Å². The summed E-state index contributed by atoms with van der Waals surface area (Å²) in [6.45, 7) is 13.5. The predicted molar refractivity (Wildman–Crippen MR) is 138 cm³/mol. The molecule has 1 atom stereocenters. The van der Waals surface area contributed by atoms with Gasteiger partial charge in [0.25, 0.3) is 0 Å². The third kappa shape index (κ3) is 7.36. The summed E-state index contributed by atoms with van der Waals surface area (Å²) in [6, 6.07) is 14.2. The van der Waals surface area contributed by atoms with Crippen LogP contribution in [0.1, 0.15) is 58.1 Å². The number of carbonyl (C=O) groups is 1. The van der Waals surface area contributed by atoms with Crippen molar-refractivity contribution in [1.82, 2.24) is 4.90 Å². The van der Waals surface area contributed by atoms with Crippen molar-refractivity contribution in [2.24, 2.45) is 9.98 Å². The van der Waals surface area contributed by atoms with Crippen LogP contribution in [0.5, 0.6) is 0 Å². The van der Waals surface area contributed by atoms with Crippen LogP contribution in [-0.2, 0) is 4.79 Å². The van der Waals surface area contributed by atoms with Crippen LogP contribution in [0.4, 0.5) is 4.39 Å². The quantitative estimate of drug-likeness (QED) is 0.473. The molecule has 2 aromatic rings. The van der Waals surface area contributed by atoms with Crippen LogP contribution in [-0.4, -0.2) is 41.5 Å². The Morgan fingerprint density at radius 2 is 1.91 bits per heavy atom. The van der Waals surface area contributed by atoms with Gasteiger partial charge in [-0.1, -0.05) is 63.2 Å². The van der Waals surface area contributed by atoms with Gasteiger partial charge in [-0.05, 0) is 55.2 Å². The normalized spacial score (nSPS) is 15.6. The Kier molecular flexibility index (Phi) is 10.5. The van der Waals surface area contributed by atoms with Crippen LogP contribution in [0.25, 0.3) is 5.57 Å². The van der Waals surface area contributed by atoms with E-state index in [-0.39, 0.29) is 17.8 Å². The van der Waals surface area contributed by atoms with Gasteiger partial charge in [0.1, 0.15) is 11.7 Å². The van der Waals surface area contributed by atoms with Crippen molar-refractivity contribution in [3.05, 3.63) is 77.1 Å². The Bertz CT molecular complexity index is 1010. The highest BCUT2D eigenvalue weighted by molar-refractivity contribution is 6.30. The first-order valence-corrected chi connectivity index (χ1v) is 11.9. The maximum Gasteiger partial charge on any atom is 0.223 e. The summed E-state index contributed by atoms with van der Waals surface area (Å²) < 4.78 is 12.8. The van der Waals surface area contributed by atoms with E-state index in [1.807, 2.05) is 56.0 Å². The molecule has 4 nitrogen and oxygen atoms in total. The van der Waals surface area contributed by atoms with E-state index >= 15 is 0 Å². The standard InChI is InChI=1S/C15H18ClNO.C10H9FN2.C2H6/c1-3-14(17-10-4-5-15(17)18)11(2)12-6-8-13(16)9-7-12;1-7-12-6-10(13-7)8-3-2-4-9(11)5-8;1-2/h6-9,14H,2-5,10H2,1H3;2-5H,6H2,1H3;1-2H3. The number of benzene rings is 2. The molecule has 33 heavy (non-hydrogen) atoms. The maximum atomic E-state index is 12.8. The molecule has 0 saturated carbocycles. The summed E-state index contributed by atoms with van der Waals surface area (Å²) >= 11 is 5.89. The second kappa shape index (κ2) is 13.0. The number of nitrogens with zero attached hydrogens (tertiary/aromatic N) is 3. The van der Waals surface area contributed by atoms with E-state index in [1.165, 1.54) is 12.1 Å². The third-order valence-corrected chi connectivity index (χ3v) is 5.65. The van der Waals surface area contributed by atoms with Gasteiger partial charge in [-0.15, -0.1) is 0 Å². The molecule has 176 valence electrons. The molecule has 2 aliphatic rings. The van der Waals surface area contributed by atoms with Crippen molar-refractivity contribution in [3.8, 4) is 0 Å². The molecule has 1 fully saturated rings. The minimum Gasteiger partial charge on any atom is -0.336 e. The fourth-order valence-electron chi connectivity index (χ4n) is 3.79. The molecule has 6 heteroatoms. The number of hydrogen-bond acceptors (Lipinski definition) is 3. The van der Waals surface area contributed by atoms with Crippen molar-refractivity contribution in [2.75, 3.05) is 13.1 Å². The average Bonchev–Trinajstić information content (AvgIpc) is 3.45. The van der Waals surface area contributed by atoms with Gasteiger partial charge in [0.15, 0.2) is 0 Å². The fourth-order valence-corrected chi connectivity index (χ4v) is 3.91. The number of carbonyl (C=O) groups excluding carboxylic acids is 1. The Hall–Kier alpha value is -2.79. The molecule has 2 aliphatic heterocycles. The third-order valence-electron chi connectivity index (χ3n) is 5.40. The van der Waals surface area contributed by atoms with Crippen molar-refractivity contribution in [3.63, 3.8) is 0 Å². The first-order chi connectivity index (χ1) is 15.9. The lowest BCUT2D eigenvalue weighted by molar-refractivity contribution is -0.128. The van der Waals surface area contributed by atoms with Crippen LogP contribution in [0.2, 0.25) is 5.02 Å². The number of rotatable bonds is 5. The molecule has 0 radical (unpaired) electrons. The van der Waals surface area contributed by atoms with Gasteiger partial charge >= 0.3 is 0 Å². The Balaban J connectivity index is 0.000000227. The van der Waals surface area contributed by atoms with E-state index < -0.39 is 0 Å². The second-order valence-corrected chi connectivity index (χ2v) is 8.02. The zero-order valence-electron chi connectivity index (χ0n) is 19.9. The molecular weight excluding hydrogens is 437 g/mol. The lowest BCUT2D eigenvalue weighted by Gasteiger charge is -2.29.